The zero-order chi connectivity index (χ0) is 14.4. The van der Waals surface area contributed by atoms with E-state index in [0.29, 0.717) is 11.8 Å². The molecular weight excluding hydrogens is 246 g/mol. The lowest BCUT2D eigenvalue weighted by Gasteiger charge is -2.63. The van der Waals surface area contributed by atoms with Gasteiger partial charge in [-0.2, -0.15) is 0 Å². The molecule has 19 heavy (non-hydrogen) atoms. The second-order valence-electron chi connectivity index (χ2n) is 6.44. The summed E-state index contributed by atoms with van der Waals surface area (Å²) < 4.78 is 0. The maximum Gasteiger partial charge on any atom is 0.317 e. The Hall–Kier alpha value is -1.36. The van der Waals surface area contributed by atoms with Crippen molar-refractivity contribution in [3.63, 3.8) is 0 Å². The molecule has 0 aromatic carbocycles. The minimum absolute atomic E-state index is 0.110. The lowest BCUT2D eigenvalue weighted by atomic mass is 9.46. The first-order valence-electron chi connectivity index (χ1n) is 6.56. The standard InChI is InChI=1S/C14H21NO4/c1-13(2)9-4-5-14(3,10(13)6-9)15(7-11(16)17)8-12(18)19/h4-5,9-10H,6-8H2,1-3H3,(H,16,17)(H,18,19). The minimum Gasteiger partial charge on any atom is -0.480 e. The van der Waals surface area contributed by atoms with Crippen LogP contribution in [0.2, 0.25) is 0 Å². The summed E-state index contributed by atoms with van der Waals surface area (Å²) in [5, 5.41) is 18.0. The Labute approximate surface area is 112 Å². The molecule has 1 saturated carbocycles. The van der Waals surface area contributed by atoms with Crippen molar-refractivity contribution < 1.29 is 19.8 Å². The van der Waals surface area contributed by atoms with Gasteiger partial charge in [-0.1, -0.05) is 26.0 Å². The van der Waals surface area contributed by atoms with Crippen LogP contribution in [0.1, 0.15) is 27.2 Å². The normalized spacial score (nSPS) is 34.9. The van der Waals surface area contributed by atoms with Crippen LogP contribution < -0.4 is 0 Å². The summed E-state index contributed by atoms with van der Waals surface area (Å²) in [5.74, 6) is -1.15. The van der Waals surface area contributed by atoms with Crippen molar-refractivity contribution in [3.05, 3.63) is 12.2 Å². The van der Waals surface area contributed by atoms with Crippen LogP contribution in [0.3, 0.4) is 0 Å². The van der Waals surface area contributed by atoms with Crippen LogP contribution in [0.4, 0.5) is 0 Å². The van der Waals surface area contributed by atoms with Crippen LogP contribution >= 0.6 is 0 Å². The summed E-state index contributed by atoms with van der Waals surface area (Å²) in [6, 6.07) is 0. The van der Waals surface area contributed by atoms with Crippen molar-refractivity contribution in [2.75, 3.05) is 13.1 Å². The van der Waals surface area contributed by atoms with E-state index in [0.717, 1.165) is 6.42 Å². The Balaban J connectivity index is 2.29. The molecule has 0 saturated heterocycles. The first-order valence-corrected chi connectivity index (χ1v) is 6.56. The molecule has 3 rings (SSSR count). The Kier molecular flexibility index (Phi) is 3.21. The van der Waals surface area contributed by atoms with E-state index in [4.69, 9.17) is 10.2 Å². The Morgan fingerprint density at radius 3 is 2.11 bits per heavy atom. The maximum absolute atomic E-state index is 11.0. The molecule has 0 aromatic rings. The second-order valence-corrected chi connectivity index (χ2v) is 6.44. The van der Waals surface area contributed by atoms with Crippen LogP contribution in [-0.2, 0) is 9.59 Å². The summed E-state index contributed by atoms with van der Waals surface area (Å²) in [4.78, 5) is 23.6. The van der Waals surface area contributed by atoms with Gasteiger partial charge in [0.25, 0.3) is 0 Å². The highest BCUT2D eigenvalue weighted by Crippen LogP contribution is 2.61. The lowest BCUT2D eigenvalue weighted by molar-refractivity contribution is -0.151. The van der Waals surface area contributed by atoms with Crippen molar-refractivity contribution in [1.29, 1.82) is 0 Å². The molecule has 0 radical (unpaired) electrons. The zero-order valence-corrected chi connectivity index (χ0v) is 11.6. The van der Waals surface area contributed by atoms with Crippen molar-refractivity contribution in [1.82, 2.24) is 4.90 Å². The highest BCUT2D eigenvalue weighted by atomic mass is 16.4. The van der Waals surface area contributed by atoms with Crippen molar-refractivity contribution in [2.45, 2.75) is 32.7 Å². The largest absolute Gasteiger partial charge is 0.480 e. The van der Waals surface area contributed by atoms with E-state index in [1.54, 1.807) is 4.90 Å². The number of carboxylic acid groups (broad SMARTS) is 2. The molecule has 5 nitrogen and oxygen atoms in total. The van der Waals surface area contributed by atoms with E-state index in [9.17, 15) is 9.59 Å². The Morgan fingerprint density at radius 2 is 1.74 bits per heavy atom. The van der Waals surface area contributed by atoms with Gasteiger partial charge in [0.1, 0.15) is 0 Å². The van der Waals surface area contributed by atoms with Crippen LogP contribution in [0.5, 0.6) is 0 Å². The van der Waals surface area contributed by atoms with Gasteiger partial charge in [0.2, 0.25) is 0 Å². The minimum atomic E-state index is -0.991. The van der Waals surface area contributed by atoms with Crippen molar-refractivity contribution >= 4 is 11.9 Å². The van der Waals surface area contributed by atoms with E-state index in [-0.39, 0.29) is 18.5 Å². The van der Waals surface area contributed by atoms with E-state index >= 15 is 0 Å². The molecule has 3 unspecified atom stereocenters. The molecule has 1 fully saturated rings. The smallest absolute Gasteiger partial charge is 0.317 e. The highest BCUT2D eigenvalue weighted by molar-refractivity contribution is 5.73. The topological polar surface area (TPSA) is 77.8 Å². The molecule has 0 spiro atoms. The number of carboxylic acids is 2. The molecule has 0 heterocycles. The summed E-state index contributed by atoms with van der Waals surface area (Å²) in [6.07, 6.45) is 5.13. The average Bonchev–Trinajstić information content (AvgIpc) is 2.26. The lowest BCUT2D eigenvalue weighted by Crippen LogP contribution is -2.65. The predicted octanol–water partition coefficient (Wildman–Crippen LogP) is 1.45. The summed E-state index contributed by atoms with van der Waals surface area (Å²) >= 11 is 0. The number of fused-ring (bicyclic) bond motifs is 1. The fraction of sp³-hybridized carbons (Fsp3) is 0.714. The van der Waals surface area contributed by atoms with Gasteiger partial charge in [0.15, 0.2) is 0 Å². The summed E-state index contributed by atoms with van der Waals surface area (Å²) in [5.41, 5.74) is -0.381. The third-order valence-corrected chi connectivity index (χ3v) is 5.05. The predicted molar refractivity (Wildman–Crippen MR) is 69.8 cm³/mol. The van der Waals surface area contributed by atoms with Gasteiger partial charge in [-0.15, -0.1) is 0 Å². The molecule has 3 aliphatic carbocycles. The maximum atomic E-state index is 11.0. The first kappa shape index (κ1) is 14.1. The van der Waals surface area contributed by atoms with Crippen molar-refractivity contribution in [2.24, 2.45) is 17.3 Å². The third-order valence-electron chi connectivity index (χ3n) is 5.05. The number of rotatable bonds is 5. The fourth-order valence-corrected chi connectivity index (χ4v) is 3.75. The van der Waals surface area contributed by atoms with Crippen LogP contribution in [-0.4, -0.2) is 45.7 Å². The number of hydrogen-bond acceptors (Lipinski definition) is 3. The van der Waals surface area contributed by atoms with Gasteiger partial charge < -0.3 is 10.2 Å². The number of carbonyl (C=O) groups is 2. The molecule has 106 valence electrons. The molecule has 3 aliphatic rings. The van der Waals surface area contributed by atoms with Gasteiger partial charge in [-0.3, -0.25) is 14.5 Å². The highest BCUT2D eigenvalue weighted by Gasteiger charge is 2.58. The van der Waals surface area contributed by atoms with Gasteiger partial charge >= 0.3 is 11.9 Å². The van der Waals surface area contributed by atoms with Crippen LogP contribution in [0.15, 0.2) is 12.2 Å². The monoisotopic (exact) mass is 267 g/mol. The van der Waals surface area contributed by atoms with Gasteiger partial charge in [-0.25, -0.2) is 0 Å². The quantitative estimate of drug-likeness (QED) is 0.737. The van der Waals surface area contributed by atoms with E-state index in [1.165, 1.54) is 0 Å². The molecular formula is C14H21NO4. The van der Waals surface area contributed by atoms with E-state index in [1.807, 2.05) is 13.0 Å². The third kappa shape index (κ3) is 2.16. The molecule has 0 amide bonds. The molecule has 3 atom stereocenters. The second kappa shape index (κ2) is 4.34. The fourth-order valence-electron chi connectivity index (χ4n) is 3.75. The number of aliphatic carboxylic acids is 2. The number of allylic oxidation sites excluding steroid dienone is 1. The molecule has 0 aromatic heterocycles. The van der Waals surface area contributed by atoms with Crippen LogP contribution in [0, 0.1) is 17.3 Å². The van der Waals surface area contributed by atoms with Gasteiger partial charge in [0, 0.05) is 5.54 Å². The summed E-state index contributed by atoms with van der Waals surface area (Å²) in [6.45, 7) is 5.81. The molecule has 2 bridgehead atoms. The molecule has 0 aliphatic heterocycles. The zero-order valence-electron chi connectivity index (χ0n) is 11.6. The van der Waals surface area contributed by atoms with Crippen LogP contribution in [0.25, 0.3) is 0 Å². The number of hydrogen-bond donors (Lipinski definition) is 2. The average molecular weight is 267 g/mol. The molecule has 5 heteroatoms. The van der Waals surface area contributed by atoms with Gasteiger partial charge in [0.05, 0.1) is 13.1 Å². The number of nitrogens with zero attached hydrogens (tertiary/aromatic N) is 1. The van der Waals surface area contributed by atoms with E-state index in [2.05, 4.69) is 19.9 Å². The van der Waals surface area contributed by atoms with E-state index < -0.39 is 17.5 Å². The summed E-state index contributed by atoms with van der Waals surface area (Å²) in [7, 11) is 0. The van der Waals surface area contributed by atoms with Gasteiger partial charge in [-0.05, 0) is 30.6 Å². The Bertz CT molecular complexity index is 427. The SMILES string of the molecule is CC1(C)C2C=CC(C)(N(CC(=O)O)CC(=O)O)C1C2. The van der Waals surface area contributed by atoms with Crippen molar-refractivity contribution in [3.8, 4) is 0 Å². The Morgan fingerprint density at radius 1 is 1.21 bits per heavy atom. The molecule has 2 N–H and O–H groups in total. The first-order chi connectivity index (χ1) is 8.68.